The zero-order valence-corrected chi connectivity index (χ0v) is 11.3. The monoisotopic (exact) mass is 256 g/mol. The van der Waals surface area contributed by atoms with E-state index in [1.165, 1.54) is 0 Å². The molecule has 1 aromatic carbocycles. The molecule has 17 heavy (non-hydrogen) atoms. The lowest BCUT2D eigenvalue weighted by atomic mass is 10.1. The van der Waals surface area contributed by atoms with Crippen LogP contribution >= 0.6 is 0 Å². The highest BCUT2D eigenvalue weighted by atomic mass is 32.2. The molecule has 0 bridgehead atoms. The van der Waals surface area contributed by atoms with Crippen LogP contribution in [0.25, 0.3) is 0 Å². The minimum Gasteiger partial charge on any atom is -0.329 e. The molecule has 1 atom stereocenters. The Morgan fingerprint density at radius 1 is 1.35 bits per heavy atom. The summed E-state index contributed by atoms with van der Waals surface area (Å²) in [4.78, 5) is 0.289. The van der Waals surface area contributed by atoms with Gasteiger partial charge in [-0.25, -0.2) is 13.1 Å². The van der Waals surface area contributed by atoms with Crippen molar-refractivity contribution in [3.8, 4) is 0 Å². The summed E-state index contributed by atoms with van der Waals surface area (Å²) < 4.78 is 26.8. The molecule has 0 spiro atoms. The van der Waals surface area contributed by atoms with E-state index < -0.39 is 10.0 Å². The average Bonchev–Trinajstić information content (AvgIpc) is 2.25. The van der Waals surface area contributed by atoms with E-state index in [2.05, 4.69) is 4.72 Å². The molecule has 0 aliphatic rings. The van der Waals surface area contributed by atoms with Gasteiger partial charge in [0, 0.05) is 12.6 Å². The number of nitrogens with one attached hydrogen (secondary N) is 1. The summed E-state index contributed by atoms with van der Waals surface area (Å²) in [6, 6.07) is 6.60. The Kier molecular flexibility index (Phi) is 4.68. The van der Waals surface area contributed by atoms with Crippen LogP contribution in [0.2, 0.25) is 0 Å². The second-order valence-corrected chi connectivity index (χ2v) is 6.24. The minimum absolute atomic E-state index is 0.166. The smallest absolute Gasteiger partial charge is 0.240 e. The lowest BCUT2D eigenvalue weighted by molar-refractivity contribution is 0.455. The number of nitrogens with two attached hydrogens (primary N) is 1. The SMILES string of the molecule is Cc1cccc(S(=O)(=O)NC(CN)C(C)C)c1. The van der Waals surface area contributed by atoms with Gasteiger partial charge in [0.2, 0.25) is 10.0 Å². The zero-order valence-electron chi connectivity index (χ0n) is 10.5. The average molecular weight is 256 g/mol. The van der Waals surface area contributed by atoms with Gasteiger partial charge in [-0.3, -0.25) is 0 Å². The first kappa shape index (κ1) is 14.2. The maximum atomic E-state index is 12.1. The fourth-order valence-corrected chi connectivity index (χ4v) is 3.01. The van der Waals surface area contributed by atoms with Crippen LogP contribution in [0, 0.1) is 12.8 Å². The molecule has 0 aliphatic carbocycles. The summed E-state index contributed by atoms with van der Waals surface area (Å²) in [5, 5.41) is 0. The fraction of sp³-hybridized carbons (Fsp3) is 0.500. The highest BCUT2D eigenvalue weighted by molar-refractivity contribution is 7.89. The summed E-state index contributed by atoms with van der Waals surface area (Å²) in [7, 11) is -3.47. The second-order valence-electron chi connectivity index (χ2n) is 4.52. The van der Waals surface area contributed by atoms with Gasteiger partial charge >= 0.3 is 0 Å². The molecule has 4 nitrogen and oxygen atoms in total. The van der Waals surface area contributed by atoms with E-state index in [1.54, 1.807) is 18.2 Å². The molecule has 0 saturated heterocycles. The Balaban J connectivity index is 2.96. The minimum atomic E-state index is -3.47. The molecule has 0 radical (unpaired) electrons. The fourth-order valence-electron chi connectivity index (χ4n) is 1.51. The highest BCUT2D eigenvalue weighted by Gasteiger charge is 2.21. The quantitative estimate of drug-likeness (QED) is 0.833. The van der Waals surface area contributed by atoms with Crippen LogP contribution in [-0.2, 0) is 10.0 Å². The van der Waals surface area contributed by atoms with Crippen LogP contribution in [-0.4, -0.2) is 21.0 Å². The van der Waals surface area contributed by atoms with Gasteiger partial charge in [-0.2, -0.15) is 0 Å². The van der Waals surface area contributed by atoms with Crippen LogP contribution < -0.4 is 10.5 Å². The van der Waals surface area contributed by atoms with E-state index in [4.69, 9.17) is 5.73 Å². The van der Waals surface area contributed by atoms with E-state index in [0.29, 0.717) is 6.54 Å². The van der Waals surface area contributed by atoms with Gasteiger partial charge in [0.15, 0.2) is 0 Å². The van der Waals surface area contributed by atoms with Gasteiger partial charge in [-0.1, -0.05) is 26.0 Å². The van der Waals surface area contributed by atoms with Crippen LogP contribution in [0.3, 0.4) is 0 Å². The molecule has 0 amide bonds. The van der Waals surface area contributed by atoms with Crippen molar-refractivity contribution in [2.24, 2.45) is 11.7 Å². The first-order valence-corrected chi connectivity index (χ1v) is 7.14. The molecule has 0 aromatic heterocycles. The third-order valence-electron chi connectivity index (χ3n) is 2.67. The summed E-state index contributed by atoms with van der Waals surface area (Å²) in [5.74, 6) is 0.166. The normalized spacial score (nSPS) is 13.9. The number of rotatable bonds is 5. The molecular formula is C12H20N2O2S. The van der Waals surface area contributed by atoms with E-state index in [0.717, 1.165) is 5.56 Å². The van der Waals surface area contributed by atoms with Crippen molar-refractivity contribution in [1.82, 2.24) is 4.72 Å². The Hall–Kier alpha value is -0.910. The summed E-state index contributed by atoms with van der Waals surface area (Å²) in [6.07, 6.45) is 0. The standard InChI is InChI=1S/C12H20N2O2S/c1-9(2)12(8-13)14-17(15,16)11-6-4-5-10(3)7-11/h4-7,9,12,14H,8,13H2,1-3H3. The third kappa shape index (κ3) is 3.80. The number of hydrogen-bond donors (Lipinski definition) is 2. The van der Waals surface area contributed by atoms with Crippen molar-refractivity contribution >= 4 is 10.0 Å². The lowest BCUT2D eigenvalue weighted by Gasteiger charge is -2.20. The van der Waals surface area contributed by atoms with Crippen molar-refractivity contribution in [3.05, 3.63) is 29.8 Å². The largest absolute Gasteiger partial charge is 0.329 e. The van der Waals surface area contributed by atoms with Crippen LogP contribution in [0.15, 0.2) is 29.2 Å². The molecule has 0 saturated carbocycles. The van der Waals surface area contributed by atoms with E-state index in [1.807, 2.05) is 26.8 Å². The Bertz CT molecular complexity index is 469. The zero-order chi connectivity index (χ0) is 13.1. The van der Waals surface area contributed by atoms with Gasteiger partial charge in [0.05, 0.1) is 4.90 Å². The van der Waals surface area contributed by atoms with Crippen LogP contribution in [0.4, 0.5) is 0 Å². The van der Waals surface area contributed by atoms with E-state index in [9.17, 15) is 8.42 Å². The predicted molar refractivity (Wildman–Crippen MR) is 69.2 cm³/mol. The molecule has 1 aromatic rings. The molecule has 5 heteroatoms. The molecular weight excluding hydrogens is 236 g/mol. The Labute approximate surface area is 103 Å². The summed E-state index contributed by atoms with van der Waals surface area (Å²) in [6.45, 7) is 6.04. The topological polar surface area (TPSA) is 72.2 Å². The molecule has 96 valence electrons. The van der Waals surface area contributed by atoms with E-state index in [-0.39, 0.29) is 16.9 Å². The van der Waals surface area contributed by atoms with Crippen molar-refractivity contribution in [3.63, 3.8) is 0 Å². The van der Waals surface area contributed by atoms with Gasteiger partial charge in [-0.15, -0.1) is 0 Å². The van der Waals surface area contributed by atoms with Crippen LogP contribution in [0.5, 0.6) is 0 Å². The number of hydrogen-bond acceptors (Lipinski definition) is 3. The Morgan fingerprint density at radius 2 is 2.00 bits per heavy atom. The molecule has 0 heterocycles. The van der Waals surface area contributed by atoms with Gasteiger partial charge in [0.25, 0.3) is 0 Å². The summed E-state index contributed by atoms with van der Waals surface area (Å²) >= 11 is 0. The maximum absolute atomic E-state index is 12.1. The van der Waals surface area contributed by atoms with Gasteiger partial charge < -0.3 is 5.73 Å². The van der Waals surface area contributed by atoms with Crippen molar-refractivity contribution in [2.75, 3.05) is 6.54 Å². The van der Waals surface area contributed by atoms with E-state index >= 15 is 0 Å². The summed E-state index contributed by atoms with van der Waals surface area (Å²) in [5.41, 5.74) is 6.48. The number of aryl methyl sites for hydroxylation is 1. The Morgan fingerprint density at radius 3 is 2.47 bits per heavy atom. The van der Waals surface area contributed by atoms with Gasteiger partial charge in [-0.05, 0) is 30.5 Å². The van der Waals surface area contributed by atoms with Crippen LogP contribution in [0.1, 0.15) is 19.4 Å². The predicted octanol–water partition coefficient (Wildman–Crippen LogP) is 1.26. The number of benzene rings is 1. The second kappa shape index (κ2) is 5.62. The molecule has 1 rings (SSSR count). The molecule has 0 fully saturated rings. The lowest BCUT2D eigenvalue weighted by Crippen LogP contribution is -2.43. The molecule has 0 aliphatic heterocycles. The highest BCUT2D eigenvalue weighted by Crippen LogP contribution is 2.12. The van der Waals surface area contributed by atoms with Crippen molar-refractivity contribution in [2.45, 2.75) is 31.7 Å². The van der Waals surface area contributed by atoms with Gasteiger partial charge in [0.1, 0.15) is 0 Å². The first-order chi connectivity index (χ1) is 7.86. The number of sulfonamides is 1. The first-order valence-electron chi connectivity index (χ1n) is 5.66. The molecule has 1 unspecified atom stereocenters. The van der Waals surface area contributed by atoms with Crippen molar-refractivity contribution in [1.29, 1.82) is 0 Å². The molecule has 3 N–H and O–H groups in total. The maximum Gasteiger partial charge on any atom is 0.240 e. The van der Waals surface area contributed by atoms with Crippen molar-refractivity contribution < 1.29 is 8.42 Å². The third-order valence-corrected chi connectivity index (χ3v) is 4.15.